The minimum absolute atomic E-state index is 0.0567. The number of aromatic nitrogens is 2. The summed E-state index contributed by atoms with van der Waals surface area (Å²) in [5, 5.41) is 0.604. The first-order chi connectivity index (χ1) is 12.0. The van der Waals surface area contributed by atoms with Crippen molar-refractivity contribution in [2.24, 2.45) is 0 Å². The Morgan fingerprint density at radius 2 is 2.04 bits per heavy atom. The van der Waals surface area contributed by atoms with E-state index in [9.17, 15) is 9.59 Å². The monoisotopic (exact) mass is 353 g/mol. The zero-order valence-electron chi connectivity index (χ0n) is 14.2. The van der Waals surface area contributed by atoms with Crippen molar-refractivity contribution in [2.45, 2.75) is 20.4 Å². The number of carbonyl (C=O) groups is 1. The Morgan fingerprint density at radius 3 is 2.72 bits per heavy atom. The summed E-state index contributed by atoms with van der Waals surface area (Å²) in [6, 6.07) is 9.35. The molecule has 0 aliphatic heterocycles. The van der Waals surface area contributed by atoms with Crippen molar-refractivity contribution < 1.29 is 4.79 Å². The van der Waals surface area contributed by atoms with Gasteiger partial charge in [0.2, 0.25) is 5.91 Å². The number of carbonyl (C=O) groups excluding carboxylic acids is 1. The fraction of sp³-hybridized carbons (Fsp3) is 0.211. The van der Waals surface area contributed by atoms with Gasteiger partial charge in [-0.25, -0.2) is 4.98 Å². The lowest BCUT2D eigenvalue weighted by Gasteiger charge is -2.21. The zero-order valence-corrected chi connectivity index (χ0v) is 15.0. The number of amides is 1. The van der Waals surface area contributed by atoms with E-state index < -0.39 is 0 Å². The van der Waals surface area contributed by atoms with E-state index in [4.69, 9.17) is 0 Å². The Bertz CT molecular complexity index is 989. The summed E-state index contributed by atoms with van der Waals surface area (Å²) >= 11 is 1.50. The fourth-order valence-electron chi connectivity index (χ4n) is 2.70. The van der Waals surface area contributed by atoms with Gasteiger partial charge in [0.25, 0.3) is 5.56 Å². The molecule has 0 bridgehead atoms. The van der Waals surface area contributed by atoms with Gasteiger partial charge in [0.15, 0.2) is 0 Å². The minimum Gasteiger partial charge on any atom is -0.307 e. The van der Waals surface area contributed by atoms with E-state index in [0.717, 1.165) is 21.0 Å². The average molecular weight is 353 g/mol. The second kappa shape index (κ2) is 7.03. The normalized spacial score (nSPS) is 10.8. The first-order valence-electron chi connectivity index (χ1n) is 7.94. The van der Waals surface area contributed by atoms with E-state index >= 15 is 0 Å². The van der Waals surface area contributed by atoms with Gasteiger partial charge in [0, 0.05) is 17.1 Å². The molecule has 1 amide bonds. The van der Waals surface area contributed by atoms with Crippen LogP contribution in [0.4, 0.5) is 5.69 Å². The highest BCUT2D eigenvalue weighted by Crippen LogP contribution is 2.25. The number of nitrogens with zero attached hydrogens (tertiary/aromatic N) is 3. The van der Waals surface area contributed by atoms with Crippen LogP contribution in [0.3, 0.4) is 0 Å². The van der Waals surface area contributed by atoms with E-state index in [0.29, 0.717) is 11.9 Å². The number of hydrogen-bond acceptors (Lipinski definition) is 4. The number of fused-ring (bicyclic) bond motifs is 1. The molecule has 0 atom stereocenters. The average Bonchev–Trinajstić information content (AvgIpc) is 2.91. The van der Waals surface area contributed by atoms with Gasteiger partial charge in [0.05, 0.1) is 11.7 Å². The van der Waals surface area contributed by atoms with Crippen LogP contribution in [-0.2, 0) is 11.3 Å². The quantitative estimate of drug-likeness (QED) is 0.662. The molecule has 0 aliphatic rings. The van der Waals surface area contributed by atoms with Crippen LogP contribution >= 0.6 is 11.3 Å². The summed E-state index contributed by atoms with van der Waals surface area (Å²) < 4.78 is 1.38. The van der Waals surface area contributed by atoms with Crippen molar-refractivity contribution in [3.8, 4) is 0 Å². The third kappa shape index (κ3) is 3.25. The molecule has 0 N–H and O–H groups in total. The van der Waals surface area contributed by atoms with E-state index in [2.05, 4.69) is 11.6 Å². The molecule has 128 valence electrons. The summed E-state index contributed by atoms with van der Waals surface area (Å²) in [5.41, 5.74) is 1.54. The van der Waals surface area contributed by atoms with Crippen molar-refractivity contribution in [3.05, 3.63) is 70.1 Å². The molecule has 0 fully saturated rings. The molecule has 2 aromatic heterocycles. The molecule has 25 heavy (non-hydrogen) atoms. The molecule has 5 nitrogen and oxygen atoms in total. The number of para-hydroxylation sites is 1. The van der Waals surface area contributed by atoms with Gasteiger partial charge >= 0.3 is 0 Å². The first-order valence-corrected chi connectivity index (χ1v) is 8.76. The molecule has 0 spiro atoms. The number of aryl methyl sites for hydroxylation is 2. The van der Waals surface area contributed by atoms with Gasteiger partial charge in [-0.15, -0.1) is 17.9 Å². The lowest BCUT2D eigenvalue weighted by molar-refractivity contribution is -0.119. The molecule has 3 aromatic rings. The highest BCUT2D eigenvalue weighted by Gasteiger charge is 2.18. The first kappa shape index (κ1) is 17.1. The molecular formula is C19H19N3O2S. The standard InChI is InChI=1S/C19H19N3O2S/c1-4-10-22(15-8-6-5-7-9-15)16(23)11-21-12-20-18-17(19(21)24)13(2)14(3)25-18/h4-9,12H,1,10-11H2,2-3H3. The lowest BCUT2D eigenvalue weighted by atomic mass is 10.2. The van der Waals surface area contributed by atoms with Crippen LogP contribution in [0.2, 0.25) is 0 Å². The predicted molar refractivity (Wildman–Crippen MR) is 102 cm³/mol. The number of anilines is 1. The minimum atomic E-state index is -0.182. The van der Waals surface area contributed by atoms with Crippen molar-refractivity contribution >= 4 is 33.1 Å². The van der Waals surface area contributed by atoms with Gasteiger partial charge in [-0.1, -0.05) is 24.3 Å². The summed E-state index contributed by atoms with van der Waals surface area (Å²) in [7, 11) is 0. The largest absolute Gasteiger partial charge is 0.307 e. The van der Waals surface area contributed by atoms with E-state index in [-0.39, 0.29) is 18.0 Å². The summed E-state index contributed by atoms with van der Waals surface area (Å²) in [4.78, 5) is 33.3. The van der Waals surface area contributed by atoms with Gasteiger partial charge in [-0.05, 0) is 31.5 Å². The molecule has 0 saturated carbocycles. The van der Waals surface area contributed by atoms with Crippen LogP contribution in [0.25, 0.3) is 10.2 Å². The Balaban J connectivity index is 1.95. The maximum Gasteiger partial charge on any atom is 0.262 e. The van der Waals surface area contributed by atoms with Gasteiger partial charge in [0.1, 0.15) is 11.4 Å². The van der Waals surface area contributed by atoms with Crippen molar-refractivity contribution in [3.63, 3.8) is 0 Å². The number of rotatable bonds is 5. The van der Waals surface area contributed by atoms with Crippen molar-refractivity contribution in [1.29, 1.82) is 0 Å². The molecule has 6 heteroatoms. The van der Waals surface area contributed by atoms with E-state index in [1.807, 2.05) is 44.2 Å². The van der Waals surface area contributed by atoms with Crippen LogP contribution in [0.5, 0.6) is 0 Å². The van der Waals surface area contributed by atoms with Crippen molar-refractivity contribution in [1.82, 2.24) is 9.55 Å². The van der Waals surface area contributed by atoms with Gasteiger partial charge < -0.3 is 4.90 Å². The van der Waals surface area contributed by atoms with Crippen molar-refractivity contribution in [2.75, 3.05) is 11.4 Å². The van der Waals surface area contributed by atoms with Crippen LogP contribution in [0.1, 0.15) is 10.4 Å². The molecule has 3 rings (SSSR count). The van der Waals surface area contributed by atoms with E-state index in [1.54, 1.807) is 11.0 Å². The second-order valence-electron chi connectivity index (χ2n) is 5.77. The topological polar surface area (TPSA) is 55.2 Å². The Kier molecular flexibility index (Phi) is 4.81. The van der Waals surface area contributed by atoms with Crippen LogP contribution in [0.15, 0.2) is 54.1 Å². The Morgan fingerprint density at radius 1 is 1.32 bits per heavy atom. The van der Waals surface area contributed by atoms with E-state index in [1.165, 1.54) is 22.2 Å². The third-order valence-corrected chi connectivity index (χ3v) is 5.26. The number of hydrogen-bond donors (Lipinski definition) is 0. The number of thiophene rings is 1. The SMILES string of the molecule is C=CCN(C(=O)Cn1cnc2sc(C)c(C)c2c1=O)c1ccccc1. The molecule has 0 unspecified atom stereocenters. The van der Waals surface area contributed by atoms with Gasteiger partial charge in [-0.2, -0.15) is 0 Å². The highest BCUT2D eigenvalue weighted by molar-refractivity contribution is 7.18. The second-order valence-corrected chi connectivity index (χ2v) is 6.97. The molecule has 0 aliphatic carbocycles. The maximum atomic E-state index is 12.8. The Labute approximate surface area is 149 Å². The molecular weight excluding hydrogens is 334 g/mol. The zero-order chi connectivity index (χ0) is 18.0. The summed E-state index contributed by atoms with van der Waals surface area (Å²) in [5.74, 6) is -0.182. The van der Waals surface area contributed by atoms with Crippen LogP contribution < -0.4 is 10.5 Å². The van der Waals surface area contributed by atoms with Crippen LogP contribution in [-0.4, -0.2) is 22.0 Å². The molecule has 1 aromatic carbocycles. The maximum absolute atomic E-state index is 12.8. The van der Waals surface area contributed by atoms with Crippen LogP contribution in [0, 0.1) is 13.8 Å². The molecule has 2 heterocycles. The third-order valence-electron chi connectivity index (χ3n) is 4.14. The van der Waals surface area contributed by atoms with Gasteiger partial charge in [-0.3, -0.25) is 14.2 Å². The molecule has 0 radical (unpaired) electrons. The number of benzene rings is 1. The highest BCUT2D eigenvalue weighted by atomic mass is 32.1. The smallest absolute Gasteiger partial charge is 0.262 e. The summed E-state index contributed by atoms with van der Waals surface area (Å²) in [6.07, 6.45) is 3.12. The Hall–Kier alpha value is -2.73. The lowest BCUT2D eigenvalue weighted by Crippen LogP contribution is -2.36. The molecule has 0 saturated heterocycles. The summed E-state index contributed by atoms with van der Waals surface area (Å²) in [6.45, 7) is 7.92. The predicted octanol–water partition coefficient (Wildman–Crippen LogP) is 3.29. The fourth-order valence-corrected chi connectivity index (χ4v) is 3.69.